The molecule has 0 radical (unpaired) electrons. The highest BCUT2D eigenvalue weighted by Crippen LogP contribution is 2.25. The van der Waals surface area contributed by atoms with E-state index in [0.717, 1.165) is 10.6 Å². The van der Waals surface area contributed by atoms with Crippen LogP contribution in [0.25, 0.3) is 10.6 Å². The number of fused-ring (bicyclic) bond motifs is 1. The highest BCUT2D eigenvalue weighted by molar-refractivity contribution is 7.90. The molecule has 31 heavy (non-hydrogen) atoms. The van der Waals surface area contributed by atoms with Crippen LogP contribution in [0.4, 0.5) is 5.69 Å². The number of sulfonamides is 1. The lowest BCUT2D eigenvalue weighted by atomic mass is 10.0. The summed E-state index contributed by atoms with van der Waals surface area (Å²) in [5, 5.41) is 5.72. The second kappa shape index (κ2) is 8.60. The number of aromatic nitrogens is 1. The molecule has 3 aromatic rings. The second-order valence-electron chi connectivity index (χ2n) is 7.63. The molecule has 4 rings (SSSR count). The topological polar surface area (TPSA) is 101 Å². The van der Waals surface area contributed by atoms with Crippen LogP contribution >= 0.6 is 11.3 Å². The Balaban J connectivity index is 1.57. The quantitative estimate of drug-likeness (QED) is 0.590. The molecule has 0 spiro atoms. The van der Waals surface area contributed by atoms with Crippen molar-refractivity contribution in [2.75, 3.05) is 5.32 Å². The minimum atomic E-state index is -3.66. The van der Waals surface area contributed by atoms with Crippen LogP contribution in [-0.2, 0) is 14.8 Å². The van der Waals surface area contributed by atoms with Crippen molar-refractivity contribution in [3.05, 3.63) is 65.7 Å². The Morgan fingerprint density at radius 3 is 2.58 bits per heavy atom. The number of hydrogen-bond acceptors (Lipinski definition) is 6. The summed E-state index contributed by atoms with van der Waals surface area (Å²) in [7, 11) is -3.66. The van der Waals surface area contributed by atoms with Crippen LogP contribution < -0.4 is 10.0 Å². The van der Waals surface area contributed by atoms with E-state index in [4.69, 9.17) is 0 Å². The van der Waals surface area contributed by atoms with E-state index in [1.165, 1.54) is 6.07 Å². The van der Waals surface area contributed by atoms with Crippen molar-refractivity contribution >= 4 is 38.8 Å². The first-order valence-electron chi connectivity index (χ1n) is 9.84. The number of thiazole rings is 1. The van der Waals surface area contributed by atoms with E-state index >= 15 is 0 Å². The summed E-state index contributed by atoms with van der Waals surface area (Å²) in [5.74, 6) is 0.114. The summed E-state index contributed by atoms with van der Waals surface area (Å²) >= 11 is 1.55. The Kier molecular flexibility index (Phi) is 5.88. The number of amides is 1. The fraction of sp³-hybridized carbons (Fsp3) is 0.227. The van der Waals surface area contributed by atoms with Gasteiger partial charge in [0.2, 0.25) is 5.91 Å². The molecular weight excluding hydrogens is 432 g/mol. The summed E-state index contributed by atoms with van der Waals surface area (Å²) in [6.07, 6.45) is 2.23. The molecule has 0 bridgehead atoms. The van der Waals surface area contributed by atoms with Gasteiger partial charge in [-0.3, -0.25) is 14.5 Å². The number of benzene rings is 2. The number of aliphatic imine (C=N–C) groups is 1. The fourth-order valence-corrected chi connectivity index (χ4v) is 5.22. The van der Waals surface area contributed by atoms with Crippen molar-refractivity contribution < 1.29 is 13.2 Å². The normalized spacial score (nSPS) is 16.7. The molecule has 1 aromatic heterocycles. The lowest BCUT2D eigenvalue weighted by Gasteiger charge is -2.16. The highest BCUT2D eigenvalue weighted by Gasteiger charge is 2.32. The van der Waals surface area contributed by atoms with Gasteiger partial charge in [-0.05, 0) is 48.7 Å². The first kappa shape index (κ1) is 21.2. The number of nitrogens with one attached hydrogen (secondary N) is 2. The molecule has 1 atom stereocenters. The first-order valence-corrected chi connectivity index (χ1v) is 12.2. The molecule has 1 unspecified atom stereocenters. The Morgan fingerprint density at radius 1 is 1.16 bits per heavy atom. The zero-order valence-electron chi connectivity index (χ0n) is 17.1. The number of hydrogen-bond donors (Lipinski definition) is 2. The molecular formula is C22H22N4O3S2. The second-order valence-corrected chi connectivity index (χ2v) is 10.2. The molecule has 1 aliphatic rings. The van der Waals surface area contributed by atoms with Crippen molar-refractivity contribution in [2.45, 2.75) is 31.2 Å². The Labute approximate surface area is 185 Å². The van der Waals surface area contributed by atoms with E-state index in [2.05, 4.69) is 20.0 Å². The van der Waals surface area contributed by atoms with Crippen molar-refractivity contribution in [1.82, 2.24) is 9.71 Å². The Hall–Kier alpha value is -3.04. The van der Waals surface area contributed by atoms with Crippen LogP contribution in [0.3, 0.4) is 0 Å². The number of carbonyl (C=O) groups excluding carboxylic acids is 1. The zero-order chi connectivity index (χ0) is 22.0. The van der Waals surface area contributed by atoms with Gasteiger partial charge in [-0.2, -0.15) is 0 Å². The minimum absolute atomic E-state index is 0.176. The van der Waals surface area contributed by atoms with Crippen molar-refractivity contribution in [1.29, 1.82) is 0 Å². The number of nitrogens with zero attached hydrogens (tertiary/aromatic N) is 2. The van der Waals surface area contributed by atoms with Gasteiger partial charge in [0.1, 0.15) is 16.9 Å². The average molecular weight is 455 g/mol. The zero-order valence-corrected chi connectivity index (χ0v) is 18.7. The lowest BCUT2D eigenvalue weighted by molar-refractivity contribution is -0.117. The molecule has 2 N–H and O–H groups in total. The molecule has 160 valence electrons. The summed E-state index contributed by atoms with van der Waals surface area (Å²) in [6, 6.07) is 13.3. The molecule has 0 saturated carbocycles. The highest BCUT2D eigenvalue weighted by atomic mass is 32.2. The van der Waals surface area contributed by atoms with Crippen LogP contribution in [0, 0.1) is 5.92 Å². The molecule has 0 fully saturated rings. The van der Waals surface area contributed by atoms with Crippen molar-refractivity contribution in [3.8, 4) is 10.6 Å². The number of amidine groups is 1. The van der Waals surface area contributed by atoms with E-state index in [0.29, 0.717) is 17.7 Å². The fourth-order valence-electron chi connectivity index (χ4n) is 3.34. The number of anilines is 1. The van der Waals surface area contributed by atoms with E-state index in [-0.39, 0.29) is 22.6 Å². The first-order chi connectivity index (χ1) is 14.8. The molecule has 1 amide bonds. The van der Waals surface area contributed by atoms with Gasteiger partial charge in [-0.1, -0.05) is 26.0 Å². The summed E-state index contributed by atoms with van der Waals surface area (Å²) in [4.78, 5) is 22.0. The monoisotopic (exact) mass is 454 g/mol. The van der Waals surface area contributed by atoms with E-state index in [1.807, 2.05) is 43.5 Å². The van der Waals surface area contributed by atoms with Crippen LogP contribution in [0.15, 0.2) is 70.0 Å². The molecule has 0 aliphatic carbocycles. The molecule has 2 aromatic carbocycles. The standard InChI is InChI=1S/C22H22N4O3S2/c1-14(2)13-18(25-20-17-5-3-4-6-19(17)31(28,29)26-20)21(27)24-16-9-7-15(8-10-16)22-23-11-12-30-22/h3-12,14,18H,13H2,1-2H3,(H,24,27)(H,25,26). The summed E-state index contributed by atoms with van der Waals surface area (Å²) < 4.78 is 27.2. The SMILES string of the molecule is CC(C)CC(N=C1NS(=O)(=O)c2ccccc21)C(=O)Nc1ccc(-c2nccs2)cc1. The number of carbonyl (C=O) groups is 1. The van der Waals surface area contributed by atoms with Gasteiger partial charge in [0.15, 0.2) is 0 Å². The van der Waals surface area contributed by atoms with Gasteiger partial charge in [0.05, 0.1) is 4.90 Å². The third-order valence-electron chi connectivity index (χ3n) is 4.78. The van der Waals surface area contributed by atoms with Gasteiger partial charge >= 0.3 is 0 Å². The third kappa shape index (κ3) is 4.67. The maximum atomic E-state index is 13.0. The van der Waals surface area contributed by atoms with E-state index in [9.17, 15) is 13.2 Å². The van der Waals surface area contributed by atoms with Gasteiger partial charge < -0.3 is 5.32 Å². The van der Waals surface area contributed by atoms with E-state index in [1.54, 1.807) is 35.7 Å². The molecule has 0 saturated heterocycles. The molecule has 2 heterocycles. The molecule has 9 heteroatoms. The lowest BCUT2D eigenvalue weighted by Crippen LogP contribution is -2.31. The summed E-state index contributed by atoms with van der Waals surface area (Å²) in [5.41, 5.74) is 2.10. The van der Waals surface area contributed by atoms with Gasteiger partial charge in [-0.25, -0.2) is 13.4 Å². The van der Waals surface area contributed by atoms with Gasteiger partial charge in [0.25, 0.3) is 10.0 Å². The third-order valence-corrected chi connectivity index (χ3v) is 7.00. The predicted molar refractivity (Wildman–Crippen MR) is 123 cm³/mol. The van der Waals surface area contributed by atoms with Gasteiger partial charge in [0, 0.05) is 28.4 Å². The van der Waals surface area contributed by atoms with Crippen LogP contribution in [0.5, 0.6) is 0 Å². The average Bonchev–Trinajstić information content (AvgIpc) is 3.35. The Bertz CT molecular complexity index is 1220. The van der Waals surface area contributed by atoms with Crippen LogP contribution in [0.2, 0.25) is 0 Å². The van der Waals surface area contributed by atoms with Crippen molar-refractivity contribution in [2.24, 2.45) is 10.9 Å². The van der Waals surface area contributed by atoms with Crippen molar-refractivity contribution in [3.63, 3.8) is 0 Å². The van der Waals surface area contributed by atoms with Gasteiger partial charge in [-0.15, -0.1) is 11.3 Å². The molecule has 1 aliphatic heterocycles. The maximum absolute atomic E-state index is 13.0. The summed E-state index contributed by atoms with van der Waals surface area (Å²) in [6.45, 7) is 3.99. The Morgan fingerprint density at radius 2 is 1.90 bits per heavy atom. The molecule has 7 nitrogen and oxygen atoms in total. The largest absolute Gasteiger partial charge is 0.324 e. The van der Waals surface area contributed by atoms with Crippen LogP contribution in [-0.4, -0.2) is 31.2 Å². The smallest absolute Gasteiger partial charge is 0.263 e. The minimum Gasteiger partial charge on any atom is -0.324 e. The van der Waals surface area contributed by atoms with E-state index < -0.39 is 16.1 Å². The number of rotatable bonds is 6. The predicted octanol–water partition coefficient (Wildman–Crippen LogP) is 3.90. The maximum Gasteiger partial charge on any atom is 0.263 e. The van der Waals surface area contributed by atoms with Crippen LogP contribution in [0.1, 0.15) is 25.8 Å².